The summed E-state index contributed by atoms with van der Waals surface area (Å²) in [5.74, 6) is -0.229. The number of nitrogens with one attached hydrogen (secondary N) is 1. The van der Waals surface area contributed by atoms with E-state index in [2.05, 4.69) is 21.2 Å². The number of hydrogen-bond acceptors (Lipinski definition) is 5. The molecular formula is C43H36BrNO6. The second-order valence-corrected chi connectivity index (χ2v) is 12.8. The van der Waals surface area contributed by atoms with Gasteiger partial charge in [0.2, 0.25) is 0 Å². The van der Waals surface area contributed by atoms with Crippen LogP contribution < -0.4 is 19.5 Å². The molecule has 0 heterocycles. The first kappa shape index (κ1) is 35.0. The van der Waals surface area contributed by atoms with E-state index in [1.54, 1.807) is 18.2 Å². The van der Waals surface area contributed by atoms with Gasteiger partial charge in [-0.05, 0) is 63.7 Å². The molecule has 0 saturated heterocycles. The molecule has 0 aliphatic heterocycles. The van der Waals surface area contributed by atoms with Gasteiger partial charge in [0.05, 0.1) is 5.56 Å². The van der Waals surface area contributed by atoms with Crippen LogP contribution in [-0.2, 0) is 31.0 Å². The number of hydrogen-bond donors (Lipinski definition) is 2. The lowest BCUT2D eigenvalue weighted by Crippen LogP contribution is -2.42. The summed E-state index contributed by atoms with van der Waals surface area (Å²) in [5.41, 5.74) is 5.93. The number of benzene rings is 6. The smallest absolute Gasteiger partial charge is 0.326 e. The summed E-state index contributed by atoms with van der Waals surface area (Å²) in [6, 6.07) is 46.9. The quantitative estimate of drug-likeness (QED) is 0.109. The largest absolute Gasteiger partial charge is 0.488 e. The molecule has 1 amide bonds. The Labute approximate surface area is 305 Å². The molecule has 6 aromatic rings. The predicted molar refractivity (Wildman–Crippen MR) is 201 cm³/mol. The topological polar surface area (TPSA) is 94.1 Å². The van der Waals surface area contributed by atoms with Crippen molar-refractivity contribution in [3.63, 3.8) is 0 Å². The van der Waals surface area contributed by atoms with Crippen LogP contribution >= 0.6 is 15.9 Å². The van der Waals surface area contributed by atoms with Crippen molar-refractivity contribution in [1.82, 2.24) is 5.32 Å². The number of carbonyl (C=O) groups excluding carboxylic acids is 1. The highest BCUT2D eigenvalue weighted by Gasteiger charge is 2.23. The van der Waals surface area contributed by atoms with Crippen molar-refractivity contribution >= 4 is 27.8 Å². The molecule has 1 unspecified atom stereocenters. The van der Waals surface area contributed by atoms with Crippen LogP contribution in [-0.4, -0.2) is 23.0 Å². The monoisotopic (exact) mass is 741 g/mol. The molecule has 6 aromatic carbocycles. The maximum atomic E-state index is 13.6. The molecule has 256 valence electrons. The molecule has 0 aliphatic carbocycles. The first-order valence-corrected chi connectivity index (χ1v) is 17.3. The highest BCUT2D eigenvalue weighted by atomic mass is 79.9. The Bertz CT molecular complexity index is 2050. The van der Waals surface area contributed by atoms with Crippen LogP contribution in [0.2, 0.25) is 0 Å². The zero-order valence-corrected chi connectivity index (χ0v) is 29.3. The lowest BCUT2D eigenvalue weighted by molar-refractivity contribution is -0.139. The van der Waals surface area contributed by atoms with E-state index < -0.39 is 17.9 Å². The van der Waals surface area contributed by atoms with Gasteiger partial charge in [0.25, 0.3) is 5.91 Å². The minimum absolute atomic E-state index is 0.116. The Kier molecular flexibility index (Phi) is 11.8. The van der Waals surface area contributed by atoms with Gasteiger partial charge in [-0.25, -0.2) is 4.79 Å². The highest BCUT2D eigenvalue weighted by molar-refractivity contribution is 9.10. The van der Waals surface area contributed by atoms with Crippen LogP contribution in [0.3, 0.4) is 0 Å². The van der Waals surface area contributed by atoms with Gasteiger partial charge >= 0.3 is 5.97 Å². The van der Waals surface area contributed by atoms with E-state index in [-0.39, 0.29) is 18.6 Å². The predicted octanol–water partition coefficient (Wildman–Crippen LogP) is 9.28. The van der Waals surface area contributed by atoms with Gasteiger partial charge in [-0.15, -0.1) is 0 Å². The van der Waals surface area contributed by atoms with Crippen LogP contribution in [0.5, 0.6) is 17.2 Å². The second-order valence-electron chi connectivity index (χ2n) is 11.9. The summed E-state index contributed by atoms with van der Waals surface area (Å²) >= 11 is 3.44. The van der Waals surface area contributed by atoms with Crippen LogP contribution in [0.15, 0.2) is 156 Å². The van der Waals surface area contributed by atoms with Gasteiger partial charge in [0.1, 0.15) is 31.6 Å². The fourth-order valence-corrected chi connectivity index (χ4v) is 5.81. The van der Waals surface area contributed by atoms with E-state index in [4.69, 9.17) is 14.2 Å². The van der Waals surface area contributed by atoms with Gasteiger partial charge < -0.3 is 24.6 Å². The minimum atomic E-state index is -1.15. The average Bonchev–Trinajstić information content (AvgIpc) is 3.17. The van der Waals surface area contributed by atoms with Gasteiger partial charge in [0, 0.05) is 10.9 Å². The Hall–Kier alpha value is -5.86. The van der Waals surface area contributed by atoms with Crippen LogP contribution in [0.25, 0.3) is 11.1 Å². The third kappa shape index (κ3) is 9.86. The second kappa shape index (κ2) is 17.2. The molecule has 0 bridgehead atoms. The molecule has 2 N–H and O–H groups in total. The molecule has 0 radical (unpaired) electrons. The number of carboxylic acid groups (broad SMARTS) is 1. The average molecular weight is 743 g/mol. The van der Waals surface area contributed by atoms with Crippen molar-refractivity contribution in [3.8, 4) is 28.4 Å². The number of rotatable bonds is 15. The van der Waals surface area contributed by atoms with E-state index in [0.717, 1.165) is 33.4 Å². The normalized spacial score (nSPS) is 11.3. The summed E-state index contributed by atoms with van der Waals surface area (Å²) in [6.07, 6.45) is 0.116. The van der Waals surface area contributed by atoms with Crippen LogP contribution in [0, 0.1) is 0 Å². The summed E-state index contributed by atoms with van der Waals surface area (Å²) < 4.78 is 19.2. The molecule has 1 atom stereocenters. The van der Waals surface area contributed by atoms with Crippen molar-refractivity contribution in [2.75, 3.05) is 0 Å². The molecule has 0 aromatic heterocycles. The fourth-order valence-electron chi connectivity index (χ4n) is 5.45. The number of carbonyl (C=O) groups is 2. The third-order valence-electron chi connectivity index (χ3n) is 8.17. The first-order valence-electron chi connectivity index (χ1n) is 16.5. The minimum Gasteiger partial charge on any atom is -0.488 e. The zero-order valence-electron chi connectivity index (χ0n) is 27.7. The van der Waals surface area contributed by atoms with Gasteiger partial charge in [-0.1, -0.05) is 137 Å². The Morgan fingerprint density at radius 1 is 0.549 bits per heavy atom. The Morgan fingerprint density at radius 2 is 1.06 bits per heavy atom. The molecule has 0 spiro atoms. The fraction of sp³-hybridized carbons (Fsp3) is 0.116. The summed E-state index contributed by atoms with van der Waals surface area (Å²) in [5, 5.41) is 12.7. The van der Waals surface area contributed by atoms with E-state index in [0.29, 0.717) is 34.9 Å². The number of aliphatic carboxylic acids is 1. The van der Waals surface area contributed by atoms with E-state index >= 15 is 0 Å². The lowest BCUT2D eigenvalue weighted by Gasteiger charge is -2.18. The van der Waals surface area contributed by atoms with Crippen molar-refractivity contribution in [2.24, 2.45) is 0 Å². The molecule has 0 aliphatic rings. The van der Waals surface area contributed by atoms with Crippen LogP contribution in [0.1, 0.15) is 32.6 Å². The maximum absolute atomic E-state index is 13.6. The highest BCUT2D eigenvalue weighted by Crippen LogP contribution is 2.32. The Morgan fingerprint density at radius 3 is 1.69 bits per heavy atom. The van der Waals surface area contributed by atoms with Crippen molar-refractivity contribution in [3.05, 3.63) is 184 Å². The molecular weight excluding hydrogens is 706 g/mol. The van der Waals surface area contributed by atoms with E-state index in [1.165, 1.54) is 0 Å². The number of ether oxygens (including phenoxy) is 3. The van der Waals surface area contributed by atoms with Crippen LogP contribution in [0.4, 0.5) is 0 Å². The first-order chi connectivity index (χ1) is 24.9. The number of amides is 1. The van der Waals surface area contributed by atoms with E-state index in [1.807, 2.05) is 133 Å². The van der Waals surface area contributed by atoms with Gasteiger partial charge in [-0.2, -0.15) is 0 Å². The summed E-state index contributed by atoms with van der Waals surface area (Å²) in [4.78, 5) is 25.8. The molecule has 8 heteroatoms. The lowest BCUT2D eigenvalue weighted by atomic mass is 10.0. The maximum Gasteiger partial charge on any atom is 0.326 e. The van der Waals surface area contributed by atoms with Crippen molar-refractivity contribution in [2.45, 2.75) is 32.3 Å². The van der Waals surface area contributed by atoms with Crippen molar-refractivity contribution < 1.29 is 28.9 Å². The standard InChI is InChI=1S/C43H36BrNO6/c44-36-21-23-39(37(26-36)42(46)45-38(43(47)48)24-30-16-19-35(20-17-30)34-14-8-3-9-15-34)49-29-33-18-22-40(50-27-31-10-4-1-5-11-31)41(25-33)51-28-32-12-6-2-7-13-32/h1-23,25-26,38H,24,27-29H2,(H,45,46)(H,47,48). The van der Waals surface area contributed by atoms with E-state index in [9.17, 15) is 14.7 Å². The summed E-state index contributed by atoms with van der Waals surface area (Å²) in [7, 11) is 0. The Balaban J connectivity index is 1.15. The SMILES string of the molecule is O=C(NC(Cc1ccc(-c2ccccc2)cc1)C(=O)O)c1cc(Br)ccc1OCc1ccc(OCc2ccccc2)c(OCc2ccccc2)c1. The molecule has 51 heavy (non-hydrogen) atoms. The number of halogens is 1. The van der Waals surface area contributed by atoms with Gasteiger partial charge in [0.15, 0.2) is 11.5 Å². The molecule has 7 nitrogen and oxygen atoms in total. The van der Waals surface area contributed by atoms with Gasteiger partial charge in [-0.3, -0.25) is 4.79 Å². The molecule has 0 fully saturated rings. The molecule has 0 saturated carbocycles. The number of carboxylic acids is 1. The molecule has 6 rings (SSSR count). The zero-order chi connectivity index (χ0) is 35.4. The third-order valence-corrected chi connectivity index (χ3v) is 8.66. The summed E-state index contributed by atoms with van der Waals surface area (Å²) in [6.45, 7) is 0.858. The van der Waals surface area contributed by atoms with Crippen molar-refractivity contribution in [1.29, 1.82) is 0 Å².